The van der Waals surface area contributed by atoms with E-state index in [-0.39, 0.29) is 0 Å². The molecule has 0 saturated carbocycles. The van der Waals surface area contributed by atoms with Gasteiger partial charge in [-0.15, -0.1) is 11.3 Å². The summed E-state index contributed by atoms with van der Waals surface area (Å²) in [6, 6.07) is 2.73. The zero-order valence-corrected chi connectivity index (χ0v) is 12.8. The van der Waals surface area contributed by atoms with Crippen molar-refractivity contribution in [2.24, 2.45) is 0 Å². The molecule has 1 saturated heterocycles. The maximum Gasteiger partial charge on any atom is 0.225 e. The first-order valence-corrected chi connectivity index (χ1v) is 8.53. The highest BCUT2D eigenvalue weighted by Crippen LogP contribution is 2.31. The Kier molecular flexibility index (Phi) is 3.79. The van der Waals surface area contributed by atoms with Crippen LogP contribution in [0.5, 0.6) is 0 Å². The van der Waals surface area contributed by atoms with Crippen molar-refractivity contribution in [2.45, 2.75) is 25.8 Å². The molecule has 2 N–H and O–H groups in total. The Labute approximate surface area is 121 Å². The van der Waals surface area contributed by atoms with Gasteiger partial charge in [-0.1, -0.05) is 0 Å². The second kappa shape index (κ2) is 5.54. The third kappa shape index (κ3) is 2.79. The van der Waals surface area contributed by atoms with Crippen molar-refractivity contribution < 1.29 is 0 Å². The molecular weight excluding hydrogens is 276 g/mol. The molecule has 0 atom stereocenters. The number of nitrogens with one attached hydrogen (secondary N) is 2. The zero-order valence-electron chi connectivity index (χ0n) is 11.2. The summed E-state index contributed by atoms with van der Waals surface area (Å²) in [6.07, 6.45) is 2.43. The number of aryl methyl sites for hydroxylation is 1. The fraction of sp³-hybridized carbons (Fsp3) is 0.538. The minimum atomic E-state index is 0.546. The highest BCUT2D eigenvalue weighted by molar-refractivity contribution is 7.99. The fourth-order valence-corrected chi connectivity index (χ4v) is 4.28. The van der Waals surface area contributed by atoms with Gasteiger partial charge >= 0.3 is 0 Å². The van der Waals surface area contributed by atoms with Crippen LogP contribution in [-0.2, 0) is 0 Å². The van der Waals surface area contributed by atoms with Gasteiger partial charge in [-0.2, -0.15) is 16.7 Å². The largest absolute Gasteiger partial charge is 0.367 e. The van der Waals surface area contributed by atoms with Gasteiger partial charge in [-0.3, -0.25) is 0 Å². The van der Waals surface area contributed by atoms with E-state index in [2.05, 4.69) is 33.6 Å². The molecule has 3 heterocycles. The van der Waals surface area contributed by atoms with Gasteiger partial charge in [0.15, 0.2) is 0 Å². The number of thioether (sulfide) groups is 1. The van der Waals surface area contributed by atoms with Crippen molar-refractivity contribution in [3.63, 3.8) is 0 Å². The Hall–Kier alpha value is -1.01. The Bertz CT molecular complexity index is 575. The molecule has 1 aliphatic heterocycles. The number of rotatable bonds is 3. The van der Waals surface area contributed by atoms with Gasteiger partial charge < -0.3 is 10.6 Å². The monoisotopic (exact) mass is 294 g/mol. The molecular formula is C13H18N4S2. The number of hydrogen-bond donors (Lipinski definition) is 2. The quantitative estimate of drug-likeness (QED) is 0.909. The van der Waals surface area contributed by atoms with Crippen molar-refractivity contribution in [3.05, 3.63) is 10.9 Å². The molecule has 1 aliphatic rings. The maximum atomic E-state index is 4.59. The lowest BCUT2D eigenvalue weighted by Gasteiger charge is -2.23. The van der Waals surface area contributed by atoms with Crippen LogP contribution in [-0.4, -0.2) is 34.6 Å². The predicted molar refractivity (Wildman–Crippen MR) is 85.7 cm³/mol. The molecule has 2 aromatic heterocycles. The van der Waals surface area contributed by atoms with Gasteiger partial charge in [0, 0.05) is 18.0 Å². The molecule has 6 heteroatoms. The van der Waals surface area contributed by atoms with E-state index >= 15 is 0 Å². The van der Waals surface area contributed by atoms with E-state index in [1.807, 2.05) is 18.8 Å². The van der Waals surface area contributed by atoms with Crippen molar-refractivity contribution in [1.82, 2.24) is 9.97 Å². The van der Waals surface area contributed by atoms with E-state index in [0.717, 1.165) is 16.0 Å². The average molecular weight is 294 g/mol. The van der Waals surface area contributed by atoms with E-state index in [1.54, 1.807) is 11.3 Å². The lowest BCUT2D eigenvalue weighted by molar-refractivity contribution is 0.664. The summed E-state index contributed by atoms with van der Waals surface area (Å²) in [6.45, 7) is 2.12. The van der Waals surface area contributed by atoms with Crippen LogP contribution in [0.2, 0.25) is 0 Å². The van der Waals surface area contributed by atoms with Gasteiger partial charge in [-0.05, 0) is 37.3 Å². The highest BCUT2D eigenvalue weighted by atomic mass is 32.2. The fourth-order valence-electron chi connectivity index (χ4n) is 2.30. The van der Waals surface area contributed by atoms with Crippen molar-refractivity contribution >= 4 is 45.1 Å². The third-order valence-electron chi connectivity index (χ3n) is 3.30. The first-order chi connectivity index (χ1) is 9.26. The zero-order chi connectivity index (χ0) is 13.2. The van der Waals surface area contributed by atoms with Crippen molar-refractivity contribution in [3.8, 4) is 0 Å². The summed E-state index contributed by atoms with van der Waals surface area (Å²) in [5.74, 6) is 4.17. The molecule has 4 nitrogen and oxygen atoms in total. The van der Waals surface area contributed by atoms with Crippen LogP contribution in [0.1, 0.15) is 17.7 Å². The molecule has 3 rings (SSSR count). The topological polar surface area (TPSA) is 49.8 Å². The molecule has 0 amide bonds. The molecule has 19 heavy (non-hydrogen) atoms. The first-order valence-electron chi connectivity index (χ1n) is 6.56. The van der Waals surface area contributed by atoms with Crippen LogP contribution in [0.25, 0.3) is 10.2 Å². The standard InChI is InChI=1S/C13H18N4S2/c1-8-7-10-11(15-9-3-5-18-6-4-9)16-13(14-2)17-12(10)19-8/h7,9H,3-6H2,1-2H3,(H2,14,15,16,17). The normalized spacial score (nSPS) is 16.7. The van der Waals surface area contributed by atoms with Crippen LogP contribution in [0.15, 0.2) is 6.07 Å². The Morgan fingerprint density at radius 1 is 1.26 bits per heavy atom. The second-order valence-electron chi connectivity index (χ2n) is 4.75. The summed E-state index contributed by atoms with van der Waals surface area (Å²) in [4.78, 5) is 11.5. The number of nitrogens with zero attached hydrogens (tertiary/aromatic N) is 2. The molecule has 0 radical (unpaired) electrons. The van der Waals surface area contributed by atoms with E-state index < -0.39 is 0 Å². The molecule has 0 unspecified atom stereocenters. The van der Waals surface area contributed by atoms with E-state index in [4.69, 9.17) is 0 Å². The molecule has 1 fully saturated rings. The SMILES string of the molecule is CNc1nc(NC2CCSCC2)c2cc(C)sc2n1. The van der Waals surface area contributed by atoms with Gasteiger partial charge in [0.2, 0.25) is 5.95 Å². The summed E-state index contributed by atoms with van der Waals surface area (Å²) in [5.41, 5.74) is 0. The lowest BCUT2D eigenvalue weighted by atomic mass is 10.1. The van der Waals surface area contributed by atoms with Gasteiger partial charge in [0.25, 0.3) is 0 Å². The van der Waals surface area contributed by atoms with E-state index in [9.17, 15) is 0 Å². The number of thiophene rings is 1. The Balaban J connectivity index is 1.95. The van der Waals surface area contributed by atoms with Crippen molar-refractivity contribution in [1.29, 1.82) is 0 Å². The predicted octanol–water partition coefficient (Wildman–Crippen LogP) is 3.35. The second-order valence-corrected chi connectivity index (χ2v) is 7.21. The summed E-state index contributed by atoms with van der Waals surface area (Å²) < 4.78 is 0. The third-order valence-corrected chi connectivity index (χ3v) is 5.29. The molecule has 0 spiro atoms. The number of hydrogen-bond acceptors (Lipinski definition) is 6. The van der Waals surface area contributed by atoms with Crippen LogP contribution >= 0.6 is 23.1 Å². The van der Waals surface area contributed by atoms with Gasteiger partial charge in [-0.25, -0.2) is 4.98 Å². The van der Waals surface area contributed by atoms with Crippen molar-refractivity contribution in [2.75, 3.05) is 29.2 Å². The average Bonchev–Trinajstić information content (AvgIpc) is 2.80. The molecule has 0 aliphatic carbocycles. The molecule has 0 bridgehead atoms. The van der Waals surface area contributed by atoms with Crippen LogP contribution in [0, 0.1) is 6.92 Å². The van der Waals surface area contributed by atoms with E-state index in [1.165, 1.54) is 29.2 Å². The Morgan fingerprint density at radius 3 is 2.79 bits per heavy atom. The summed E-state index contributed by atoms with van der Waals surface area (Å²) in [7, 11) is 1.86. The van der Waals surface area contributed by atoms with Gasteiger partial charge in [0.05, 0.1) is 5.39 Å². The van der Waals surface area contributed by atoms with Crippen LogP contribution in [0.3, 0.4) is 0 Å². The molecule has 2 aromatic rings. The Morgan fingerprint density at radius 2 is 2.05 bits per heavy atom. The van der Waals surface area contributed by atoms with E-state index in [0.29, 0.717) is 12.0 Å². The van der Waals surface area contributed by atoms with Gasteiger partial charge in [0.1, 0.15) is 10.6 Å². The summed E-state index contributed by atoms with van der Waals surface area (Å²) in [5, 5.41) is 7.81. The minimum Gasteiger partial charge on any atom is -0.367 e. The van der Waals surface area contributed by atoms with Crippen LogP contribution in [0.4, 0.5) is 11.8 Å². The smallest absolute Gasteiger partial charge is 0.225 e. The lowest BCUT2D eigenvalue weighted by Crippen LogP contribution is -2.25. The summed E-state index contributed by atoms with van der Waals surface area (Å²) >= 11 is 3.76. The number of aromatic nitrogens is 2. The van der Waals surface area contributed by atoms with Crippen LogP contribution < -0.4 is 10.6 Å². The maximum absolute atomic E-state index is 4.59. The molecule has 0 aromatic carbocycles. The first kappa shape index (κ1) is 13.0. The number of fused-ring (bicyclic) bond motifs is 1. The minimum absolute atomic E-state index is 0.546. The highest BCUT2D eigenvalue weighted by Gasteiger charge is 2.17. The number of anilines is 2. The molecule has 102 valence electrons.